The number of carbonyl (C=O) groups is 1. The van der Waals surface area contributed by atoms with Crippen molar-refractivity contribution >= 4 is 33.2 Å². The molecule has 2 aromatic rings. The van der Waals surface area contributed by atoms with Gasteiger partial charge in [0.2, 0.25) is 15.9 Å². The molecule has 0 radical (unpaired) electrons. The standard InChI is InChI=1S/C20H24ClFN2O5S/c1-28-16-6-8-17(9-7-16)29-13-11-23-20(25)4-3-12-24(30(2,26)27)15-5-10-19(22)18(21)14-15/h5-10,14H,3-4,11-13H2,1-2H3,(H,23,25). The van der Waals surface area contributed by atoms with E-state index in [2.05, 4.69) is 5.32 Å². The molecule has 0 unspecified atom stereocenters. The van der Waals surface area contributed by atoms with Crippen LogP contribution in [0.25, 0.3) is 0 Å². The molecule has 0 aromatic heterocycles. The normalized spacial score (nSPS) is 11.1. The number of nitrogens with one attached hydrogen (secondary N) is 1. The first-order valence-electron chi connectivity index (χ1n) is 9.17. The number of amides is 1. The average molecular weight is 459 g/mol. The van der Waals surface area contributed by atoms with Gasteiger partial charge in [-0.1, -0.05) is 11.6 Å². The van der Waals surface area contributed by atoms with E-state index in [0.717, 1.165) is 22.4 Å². The number of nitrogens with zero attached hydrogens (tertiary/aromatic N) is 1. The number of benzene rings is 2. The van der Waals surface area contributed by atoms with E-state index in [-0.39, 0.29) is 36.0 Å². The fourth-order valence-corrected chi connectivity index (χ4v) is 3.76. The molecule has 2 aromatic carbocycles. The second-order valence-corrected chi connectivity index (χ2v) is 8.73. The van der Waals surface area contributed by atoms with Crippen molar-refractivity contribution in [2.75, 3.05) is 37.4 Å². The second kappa shape index (κ2) is 11.0. The van der Waals surface area contributed by atoms with Gasteiger partial charge in [-0.2, -0.15) is 0 Å². The molecule has 0 bridgehead atoms. The highest BCUT2D eigenvalue weighted by molar-refractivity contribution is 7.92. The minimum absolute atomic E-state index is 0.0660. The molecular weight excluding hydrogens is 435 g/mol. The lowest BCUT2D eigenvalue weighted by molar-refractivity contribution is -0.121. The van der Waals surface area contributed by atoms with Crippen LogP contribution in [0.5, 0.6) is 11.5 Å². The Kier molecular flexibility index (Phi) is 8.73. The van der Waals surface area contributed by atoms with E-state index in [1.807, 2.05) is 0 Å². The zero-order valence-electron chi connectivity index (χ0n) is 16.7. The van der Waals surface area contributed by atoms with Gasteiger partial charge >= 0.3 is 0 Å². The van der Waals surface area contributed by atoms with Gasteiger partial charge in [-0.3, -0.25) is 9.10 Å². The summed E-state index contributed by atoms with van der Waals surface area (Å²) < 4.78 is 49.1. The van der Waals surface area contributed by atoms with Gasteiger partial charge in [-0.15, -0.1) is 0 Å². The Balaban J connectivity index is 1.76. The van der Waals surface area contributed by atoms with Gasteiger partial charge < -0.3 is 14.8 Å². The molecule has 0 atom stereocenters. The monoisotopic (exact) mass is 458 g/mol. The van der Waals surface area contributed by atoms with E-state index >= 15 is 0 Å². The Morgan fingerprint density at radius 3 is 2.43 bits per heavy atom. The topological polar surface area (TPSA) is 84.9 Å². The van der Waals surface area contributed by atoms with Crippen LogP contribution in [-0.4, -0.2) is 47.4 Å². The zero-order valence-corrected chi connectivity index (χ0v) is 18.3. The second-order valence-electron chi connectivity index (χ2n) is 6.41. The molecule has 0 fully saturated rings. The highest BCUT2D eigenvalue weighted by atomic mass is 35.5. The molecule has 30 heavy (non-hydrogen) atoms. The number of methoxy groups -OCH3 is 1. The molecule has 7 nitrogen and oxygen atoms in total. The lowest BCUT2D eigenvalue weighted by Gasteiger charge is -2.22. The molecule has 10 heteroatoms. The summed E-state index contributed by atoms with van der Waals surface area (Å²) in [6, 6.07) is 10.8. The summed E-state index contributed by atoms with van der Waals surface area (Å²) in [5, 5.41) is 2.55. The molecular formula is C20H24ClFN2O5S. The summed E-state index contributed by atoms with van der Waals surface area (Å²) in [4.78, 5) is 12.0. The first kappa shape index (κ1) is 23.8. The molecule has 0 aliphatic carbocycles. The maximum absolute atomic E-state index is 13.3. The molecule has 0 aliphatic rings. The summed E-state index contributed by atoms with van der Waals surface area (Å²) in [6.45, 7) is 0.673. The van der Waals surface area contributed by atoms with Gasteiger partial charge in [0.05, 0.1) is 30.6 Å². The number of ether oxygens (including phenoxy) is 2. The van der Waals surface area contributed by atoms with Gasteiger partial charge in [-0.05, 0) is 48.9 Å². The number of halogens is 2. The smallest absolute Gasteiger partial charge is 0.232 e. The summed E-state index contributed by atoms with van der Waals surface area (Å²) in [6.07, 6.45) is 1.46. The number of hydrogen-bond donors (Lipinski definition) is 1. The Bertz CT molecular complexity index is 954. The van der Waals surface area contributed by atoms with Gasteiger partial charge in [0.25, 0.3) is 0 Å². The van der Waals surface area contributed by atoms with Crippen LogP contribution in [-0.2, 0) is 14.8 Å². The van der Waals surface area contributed by atoms with Crippen LogP contribution in [0, 0.1) is 5.82 Å². The number of rotatable bonds is 11. The number of anilines is 1. The summed E-state index contributed by atoms with van der Waals surface area (Å²) >= 11 is 5.74. The summed E-state index contributed by atoms with van der Waals surface area (Å²) in [5.41, 5.74) is 0.247. The van der Waals surface area contributed by atoms with Crippen molar-refractivity contribution in [1.82, 2.24) is 5.32 Å². The first-order chi connectivity index (χ1) is 14.2. The van der Waals surface area contributed by atoms with E-state index in [0.29, 0.717) is 18.9 Å². The van der Waals surface area contributed by atoms with Crippen LogP contribution >= 0.6 is 11.6 Å². The highest BCUT2D eigenvalue weighted by Crippen LogP contribution is 2.24. The molecule has 0 saturated heterocycles. The summed E-state index contributed by atoms with van der Waals surface area (Å²) in [7, 11) is -2.03. The minimum Gasteiger partial charge on any atom is -0.497 e. The molecule has 0 aliphatic heterocycles. The third-order valence-corrected chi connectivity index (χ3v) is 5.59. The van der Waals surface area contributed by atoms with Gasteiger partial charge in [0.1, 0.15) is 23.9 Å². The van der Waals surface area contributed by atoms with Crippen LogP contribution in [0.3, 0.4) is 0 Å². The molecule has 0 spiro atoms. The van der Waals surface area contributed by atoms with E-state index < -0.39 is 15.8 Å². The van der Waals surface area contributed by atoms with Gasteiger partial charge in [-0.25, -0.2) is 12.8 Å². The molecule has 1 amide bonds. The molecule has 2 rings (SSSR count). The quantitative estimate of drug-likeness (QED) is 0.522. The Morgan fingerprint density at radius 1 is 1.17 bits per heavy atom. The van der Waals surface area contributed by atoms with Crippen molar-refractivity contribution in [3.05, 3.63) is 53.3 Å². The SMILES string of the molecule is COc1ccc(OCCNC(=O)CCCN(c2ccc(F)c(Cl)c2)S(C)(=O)=O)cc1. The maximum Gasteiger partial charge on any atom is 0.232 e. The van der Waals surface area contributed by atoms with Crippen molar-refractivity contribution in [2.45, 2.75) is 12.8 Å². The molecule has 0 saturated carbocycles. The van der Waals surface area contributed by atoms with Crippen LogP contribution < -0.4 is 19.1 Å². The highest BCUT2D eigenvalue weighted by Gasteiger charge is 2.18. The number of sulfonamides is 1. The van der Waals surface area contributed by atoms with Crippen LogP contribution in [0.4, 0.5) is 10.1 Å². The lowest BCUT2D eigenvalue weighted by atomic mass is 10.2. The lowest BCUT2D eigenvalue weighted by Crippen LogP contribution is -2.33. The number of carbonyl (C=O) groups excluding carboxylic acids is 1. The number of hydrogen-bond acceptors (Lipinski definition) is 5. The van der Waals surface area contributed by atoms with Crippen molar-refractivity contribution in [2.24, 2.45) is 0 Å². The van der Waals surface area contributed by atoms with Crippen LogP contribution in [0.15, 0.2) is 42.5 Å². The third-order valence-electron chi connectivity index (χ3n) is 4.11. The first-order valence-corrected chi connectivity index (χ1v) is 11.4. The molecule has 1 N–H and O–H groups in total. The minimum atomic E-state index is -3.61. The predicted octanol–water partition coefficient (Wildman–Crippen LogP) is 3.23. The molecule has 164 valence electrons. The van der Waals surface area contributed by atoms with E-state index in [1.165, 1.54) is 12.1 Å². The van der Waals surface area contributed by atoms with Gasteiger partial charge in [0, 0.05) is 13.0 Å². The Hall–Kier alpha value is -2.52. The van der Waals surface area contributed by atoms with Crippen LogP contribution in [0.1, 0.15) is 12.8 Å². The largest absolute Gasteiger partial charge is 0.497 e. The van der Waals surface area contributed by atoms with Crippen molar-refractivity contribution in [1.29, 1.82) is 0 Å². The third kappa shape index (κ3) is 7.38. The Morgan fingerprint density at radius 2 is 1.83 bits per heavy atom. The fraction of sp³-hybridized carbons (Fsp3) is 0.350. The van der Waals surface area contributed by atoms with E-state index in [9.17, 15) is 17.6 Å². The average Bonchev–Trinajstić information content (AvgIpc) is 2.70. The zero-order chi connectivity index (χ0) is 22.1. The predicted molar refractivity (Wildman–Crippen MR) is 114 cm³/mol. The fourth-order valence-electron chi connectivity index (χ4n) is 2.63. The van der Waals surface area contributed by atoms with Gasteiger partial charge in [0.15, 0.2) is 0 Å². The molecule has 0 heterocycles. The Labute approximate surface area is 180 Å². The van der Waals surface area contributed by atoms with Crippen molar-refractivity contribution < 1.29 is 27.1 Å². The van der Waals surface area contributed by atoms with Crippen LogP contribution in [0.2, 0.25) is 5.02 Å². The van der Waals surface area contributed by atoms with E-state index in [4.69, 9.17) is 21.1 Å². The van der Waals surface area contributed by atoms with Crippen molar-refractivity contribution in [3.8, 4) is 11.5 Å². The van der Waals surface area contributed by atoms with Crippen molar-refractivity contribution in [3.63, 3.8) is 0 Å². The maximum atomic E-state index is 13.3. The van der Waals surface area contributed by atoms with E-state index in [1.54, 1.807) is 31.4 Å². The summed E-state index contributed by atoms with van der Waals surface area (Å²) in [5.74, 6) is 0.525.